The maximum atomic E-state index is 12.0. The third-order valence-corrected chi connectivity index (χ3v) is 3.37. The molecule has 0 bridgehead atoms. The number of aryl methyl sites for hydroxylation is 1. The summed E-state index contributed by atoms with van der Waals surface area (Å²) >= 11 is 0. The van der Waals surface area contributed by atoms with Gasteiger partial charge in [-0.1, -0.05) is 12.5 Å². The number of hydrogen-bond acceptors (Lipinski definition) is 3. The fourth-order valence-corrected chi connectivity index (χ4v) is 2.39. The molecule has 1 heterocycles. The summed E-state index contributed by atoms with van der Waals surface area (Å²) in [7, 11) is 0. The molecular formula is C13H16N2O3. The molecule has 5 nitrogen and oxygen atoms in total. The highest BCUT2D eigenvalue weighted by molar-refractivity contribution is 5.94. The lowest BCUT2D eigenvalue weighted by Gasteiger charge is -2.17. The Hall–Kier alpha value is -1.91. The average Bonchev–Trinajstić information content (AvgIpc) is 2.77. The molecule has 1 aliphatic carbocycles. The van der Waals surface area contributed by atoms with Crippen LogP contribution in [0.2, 0.25) is 0 Å². The minimum atomic E-state index is -0.837. The van der Waals surface area contributed by atoms with Gasteiger partial charge in [0, 0.05) is 12.2 Å². The van der Waals surface area contributed by atoms with Crippen LogP contribution in [-0.4, -0.2) is 28.0 Å². The second kappa shape index (κ2) is 5.16. The Labute approximate surface area is 105 Å². The van der Waals surface area contributed by atoms with E-state index in [4.69, 9.17) is 5.11 Å². The lowest BCUT2D eigenvalue weighted by molar-refractivity contribution is -0.142. The second-order valence-corrected chi connectivity index (χ2v) is 4.62. The molecule has 1 amide bonds. The average molecular weight is 248 g/mol. The van der Waals surface area contributed by atoms with E-state index in [0.29, 0.717) is 18.5 Å². The molecule has 96 valence electrons. The molecule has 0 aromatic carbocycles. The molecule has 0 saturated heterocycles. The normalized spacial score (nSPS) is 22.7. The maximum Gasteiger partial charge on any atom is 0.308 e. The standard InChI is InChI=1S/C13H16N2O3/c1-8-4-3-7-14-11(8)12(16)15-10-6-2-5-9(10)13(17)18/h3-4,7,9-10H,2,5-6H2,1H3,(H,15,16)(H,17,18). The number of nitrogens with zero attached hydrogens (tertiary/aromatic N) is 1. The van der Waals surface area contributed by atoms with Gasteiger partial charge in [-0.05, 0) is 31.4 Å². The molecule has 0 aliphatic heterocycles. The Morgan fingerprint density at radius 2 is 2.22 bits per heavy atom. The smallest absolute Gasteiger partial charge is 0.308 e. The second-order valence-electron chi connectivity index (χ2n) is 4.62. The molecule has 1 fully saturated rings. The first-order valence-corrected chi connectivity index (χ1v) is 6.05. The van der Waals surface area contributed by atoms with Crippen molar-refractivity contribution >= 4 is 11.9 Å². The van der Waals surface area contributed by atoms with Gasteiger partial charge >= 0.3 is 5.97 Å². The molecule has 2 rings (SSSR count). The molecule has 2 N–H and O–H groups in total. The Bertz CT molecular complexity index is 473. The highest BCUT2D eigenvalue weighted by Crippen LogP contribution is 2.26. The number of hydrogen-bond donors (Lipinski definition) is 2. The van der Waals surface area contributed by atoms with E-state index < -0.39 is 11.9 Å². The van der Waals surface area contributed by atoms with Crippen LogP contribution in [0.4, 0.5) is 0 Å². The van der Waals surface area contributed by atoms with Crippen molar-refractivity contribution in [1.82, 2.24) is 10.3 Å². The number of nitrogens with one attached hydrogen (secondary N) is 1. The van der Waals surface area contributed by atoms with Gasteiger partial charge in [-0.25, -0.2) is 0 Å². The van der Waals surface area contributed by atoms with Gasteiger partial charge in [0.25, 0.3) is 5.91 Å². The van der Waals surface area contributed by atoms with Gasteiger partial charge in [-0.2, -0.15) is 0 Å². The summed E-state index contributed by atoms with van der Waals surface area (Å²) in [6.45, 7) is 1.81. The van der Waals surface area contributed by atoms with Crippen molar-refractivity contribution in [2.45, 2.75) is 32.2 Å². The fourth-order valence-electron chi connectivity index (χ4n) is 2.39. The monoisotopic (exact) mass is 248 g/mol. The van der Waals surface area contributed by atoms with E-state index in [1.54, 1.807) is 12.3 Å². The Kier molecular flexibility index (Phi) is 3.60. The van der Waals surface area contributed by atoms with Crippen molar-refractivity contribution in [3.8, 4) is 0 Å². The van der Waals surface area contributed by atoms with Crippen molar-refractivity contribution in [3.05, 3.63) is 29.6 Å². The molecular weight excluding hydrogens is 232 g/mol. The molecule has 1 aliphatic rings. The van der Waals surface area contributed by atoms with Crippen molar-refractivity contribution < 1.29 is 14.7 Å². The third-order valence-electron chi connectivity index (χ3n) is 3.37. The van der Waals surface area contributed by atoms with Crippen molar-refractivity contribution in [2.24, 2.45) is 5.92 Å². The third kappa shape index (κ3) is 2.50. The molecule has 1 aromatic heterocycles. The largest absolute Gasteiger partial charge is 0.481 e. The SMILES string of the molecule is Cc1cccnc1C(=O)NC1CCCC1C(=O)O. The number of carboxylic acid groups (broad SMARTS) is 1. The highest BCUT2D eigenvalue weighted by Gasteiger charge is 2.34. The number of aromatic nitrogens is 1. The highest BCUT2D eigenvalue weighted by atomic mass is 16.4. The van der Waals surface area contributed by atoms with Gasteiger partial charge in [0.1, 0.15) is 5.69 Å². The molecule has 18 heavy (non-hydrogen) atoms. The predicted octanol–water partition coefficient (Wildman–Crippen LogP) is 1.37. The first-order valence-electron chi connectivity index (χ1n) is 6.05. The molecule has 5 heteroatoms. The van der Waals surface area contributed by atoms with Crippen LogP contribution in [0.25, 0.3) is 0 Å². The minimum absolute atomic E-state index is 0.281. The van der Waals surface area contributed by atoms with Crippen molar-refractivity contribution in [3.63, 3.8) is 0 Å². The van der Waals surface area contributed by atoms with Crippen LogP contribution in [0, 0.1) is 12.8 Å². The number of rotatable bonds is 3. The first kappa shape index (κ1) is 12.5. The van der Waals surface area contributed by atoms with E-state index in [9.17, 15) is 9.59 Å². The van der Waals surface area contributed by atoms with Gasteiger partial charge in [0.05, 0.1) is 5.92 Å². The van der Waals surface area contributed by atoms with Crippen LogP contribution in [0.1, 0.15) is 35.3 Å². The number of amides is 1. The van der Waals surface area contributed by atoms with Crippen LogP contribution in [-0.2, 0) is 4.79 Å². The Balaban J connectivity index is 2.08. The topological polar surface area (TPSA) is 79.3 Å². The van der Waals surface area contributed by atoms with Crippen molar-refractivity contribution in [1.29, 1.82) is 0 Å². The zero-order valence-electron chi connectivity index (χ0n) is 10.2. The summed E-state index contributed by atoms with van der Waals surface area (Å²) in [5, 5.41) is 11.8. The zero-order valence-corrected chi connectivity index (χ0v) is 10.2. The van der Waals surface area contributed by atoms with Gasteiger partial charge in [0.15, 0.2) is 0 Å². The van der Waals surface area contributed by atoms with Crippen LogP contribution < -0.4 is 5.32 Å². The number of aliphatic carboxylic acids is 1. The van der Waals surface area contributed by atoms with Crippen LogP contribution in [0.5, 0.6) is 0 Å². The molecule has 2 atom stereocenters. The molecule has 2 unspecified atom stereocenters. The van der Waals surface area contributed by atoms with Gasteiger partial charge in [-0.3, -0.25) is 14.6 Å². The molecule has 1 saturated carbocycles. The summed E-state index contributed by atoms with van der Waals surface area (Å²) in [5.41, 5.74) is 1.16. The maximum absolute atomic E-state index is 12.0. The Morgan fingerprint density at radius 1 is 1.44 bits per heavy atom. The fraction of sp³-hybridized carbons (Fsp3) is 0.462. The molecule has 0 radical (unpaired) electrons. The van der Waals surface area contributed by atoms with Crippen LogP contribution in [0.15, 0.2) is 18.3 Å². The van der Waals surface area contributed by atoms with E-state index in [0.717, 1.165) is 12.0 Å². The van der Waals surface area contributed by atoms with E-state index in [1.807, 2.05) is 13.0 Å². The first-order chi connectivity index (χ1) is 8.59. The lowest BCUT2D eigenvalue weighted by Crippen LogP contribution is -2.40. The predicted molar refractivity (Wildman–Crippen MR) is 65.2 cm³/mol. The van der Waals surface area contributed by atoms with Gasteiger partial charge in [0.2, 0.25) is 0 Å². The van der Waals surface area contributed by atoms with E-state index in [-0.39, 0.29) is 11.9 Å². The molecule has 0 spiro atoms. The van der Waals surface area contributed by atoms with E-state index >= 15 is 0 Å². The zero-order chi connectivity index (χ0) is 13.1. The van der Waals surface area contributed by atoms with Crippen molar-refractivity contribution in [2.75, 3.05) is 0 Å². The Morgan fingerprint density at radius 3 is 2.89 bits per heavy atom. The number of carbonyl (C=O) groups excluding carboxylic acids is 1. The van der Waals surface area contributed by atoms with E-state index in [2.05, 4.69) is 10.3 Å². The van der Waals surface area contributed by atoms with Gasteiger partial charge < -0.3 is 10.4 Å². The summed E-state index contributed by atoms with van der Waals surface area (Å²) in [5.74, 6) is -1.60. The van der Waals surface area contributed by atoms with Crippen LogP contribution >= 0.6 is 0 Å². The lowest BCUT2D eigenvalue weighted by atomic mass is 10.0. The summed E-state index contributed by atoms with van der Waals surface area (Å²) in [6.07, 6.45) is 3.74. The summed E-state index contributed by atoms with van der Waals surface area (Å²) in [6, 6.07) is 3.30. The quantitative estimate of drug-likeness (QED) is 0.846. The number of carboxylic acids is 1. The van der Waals surface area contributed by atoms with E-state index in [1.165, 1.54) is 0 Å². The number of carbonyl (C=O) groups is 2. The minimum Gasteiger partial charge on any atom is -0.481 e. The van der Waals surface area contributed by atoms with Gasteiger partial charge in [-0.15, -0.1) is 0 Å². The van der Waals surface area contributed by atoms with Crippen LogP contribution in [0.3, 0.4) is 0 Å². The summed E-state index contributed by atoms with van der Waals surface area (Å²) < 4.78 is 0. The molecule has 1 aromatic rings. The number of pyridine rings is 1. The summed E-state index contributed by atoms with van der Waals surface area (Å²) in [4.78, 5) is 27.1.